The molecule has 3 rings (SSSR count). The number of hydrogen-bond acceptors (Lipinski definition) is 0. The first kappa shape index (κ1) is 4.88. The second-order valence-electron chi connectivity index (χ2n) is 2.44. The van der Waals surface area contributed by atoms with Crippen LogP contribution < -0.4 is 0 Å². The third kappa shape index (κ3) is 0.406. The van der Waals surface area contributed by atoms with Crippen LogP contribution in [0.25, 0.3) is 0 Å². The molecule has 3 aliphatic carbocycles. The molecule has 6 heavy (non-hydrogen) atoms. The molecule has 1 heteroatoms. The van der Waals surface area contributed by atoms with E-state index in [0.717, 1.165) is 0 Å². The van der Waals surface area contributed by atoms with Gasteiger partial charge < -0.3 is 0 Å². The third-order valence-corrected chi connectivity index (χ3v) is 2.00. The summed E-state index contributed by atoms with van der Waals surface area (Å²) in [5, 5.41) is 0. The third-order valence-electron chi connectivity index (χ3n) is 2.00. The van der Waals surface area contributed by atoms with Gasteiger partial charge in [-0.2, -0.15) is 0 Å². The van der Waals surface area contributed by atoms with Crippen LogP contribution in [0.5, 0.6) is 0 Å². The Labute approximate surface area is 55.3 Å². The standard InChI is InChI=1S/C5H8.HI/c1-4-2-5(1)3-4;/h4-5H,1-3H2;1H. The lowest BCUT2D eigenvalue weighted by molar-refractivity contribution is 0.0198. The Kier molecular flexibility index (Phi) is 1.10. The zero-order valence-electron chi connectivity index (χ0n) is 3.68. The minimum Gasteiger partial charge on any atom is -0.107 e. The van der Waals surface area contributed by atoms with E-state index in [0.29, 0.717) is 0 Å². The summed E-state index contributed by atoms with van der Waals surface area (Å²) < 4.78 is 0. The van der Waals surface area contributed by atoms with E-state index < -0.39 is 0 Å². The van der Waals surface area contributed by atoms with Gasteiger partial charge in [-0.05, 0) is 31.1 Å². The van der Waals surface area contributed by atoms with Crippen LogP contribution in [0, 0.1) is 11.8 Å². The van der Waals surface area contributed by atoms with Gasteiger partial charge >= 0.3 is 0 Å². The van der Waals surface area contributed by atoms with Gasteiger partial charge in [-0.3, -0.25) is 0 Å². The van der Waals surface area contributed by atoms with Crippen LogP contribution in [0.3, 0.4) is 0 Å². The van der Waals surface area contributed by atoms with E-state index in [-0.39, 0.29) is 24.0 Å². The quantitative estimate of drug-likeness (QED) is 0.520. The molecule has 0 unspecified atom stereocenters. The summed E-state index contributed by atoms with van der Waals surface area (Å²) in [6.45, 7) is 0. The Hall–Kier alpha value is 0.730. The molecule has 0 N–H and O–H groups in total. The fourth-order valence-corrected chi connectivity index (χ4v) is 1.21. The van der Waals surface area contributed by atoms with Gasteiger partial charge in [0.05, 0.1) is 0 Å². The lowest BCUT2D eigenvalue weighted by Crippen LogP contribution is -2.38. The summed E-state index contributed by atoms with van der Waals surface area (Å²) in [5.74, 6) is 2.42. The number of hydrogen-bond donors (Lipinski definition) is 0. The van der Waals surface area contributed by atoms with Crippen LogP contribution in [0.15, 0.2) is 0 Å². The Morgan fingerprint density at radius 1 is 0.833 bits per heavy atom. The zero-order chi connectivity index (χ0) is 3.28. The average Bonchev–Trinajstić information content (AvgIpc) is 0.592. The lowest BCUT2D eigenvalue weighted by atomic mass is 9.56. The van der Waals surface area contributed by atoms with Gasteiger partial charge in [0.25, 0.3) is 0 Å². The second-order valence-corrected chi connectivity index (χ2v) is 2.44. The molecule has 3 aliphatic rings. The van der Waals surface area contributed by atoms with Crippen molar-refractivity contribution in [1.82, 2.24) is 0 Å². The van der Waals surface area contributed by atoms with E-state index in [2.05, 4.69) is 0 Å². The van der Waals surface area contributed by atoms with E-state index in [9.17, 15) is 0 Å². The minimum atomic E-state index is 0. The molecular formula is C5H9I. The number of halogens is 1. The second kappa shape index (κ2) is 1.35. The highest BCUT2D eigenvalue weighted by molar-refractivity contribution is 14.0. The Morgan fingerprint density at radius 2 is 1.00 bits per heavy atom. The molecule has 0 aromatic carbocycles. The Morgan fingerprint density at radius 3 is 1.00 bits per heavy atom. The maximum absolute atomic E-state index is 1.58. The molecule has 2 bridgehead atoms. The predicted octanol–water partition coefficient (Wildman–Crippen LogP) is 2.03. The van der Waals surface area contributed by atoms with Crippen LogP contribution >= 0.6 is 24.0 Å². The highest BCUT2D eigenvalue weighted by atomic mass is 127. The predicted molar refractivity (Wildman–Crippen MR) is 36.2 cm³/mol. The van der Waals surface area contributed by atoms with Gasteiger partial charge in [0.1, 0.15) is 0 Å². The SMILES string of the molecule is C1C2CC1C2.I. The van der Waals surface area contributed by atoms with Crippen LogP contribution in [0.2, 0.25) is 0 Å². The summed E-state index contributed by atoms with van der Waals surface area (Å²) in [7, 11) is 0. The normalized spacial score (nSPS) is 48.0. The summed E-state index contributed by atoms with van der Waals surface area (Å²) in [6, 6.07) is 0. The molecule has 0 radical (unpaired) electrons. The molecule has 0 aliphatic heterocycles. The molecule has 36 valence electrons. The molecule has 0 amide bonds. The first-order valence-corrected chi connectivity index (χ1v) is 2.45. The van der Waals surface area contributed by atoms with Gasteiger partial charge in [0.2, 0.25) is 0 Å². The van der Waals surface area contributed by atoms with Gasteiger partial charge in [-0.1, -0.05) is 0 Å². The van der Waals surface area contributed by atoms with E-state index in [1.807, 2.05) is 0 Å². The maximum atomic E-state index is 1.58. The van der Waals surface area contributed by atoms with Crippen molar-refractivity contribution in [1.29, 1.82) is 0 Å². The zero-order valence-corrected chi connectivity index (χ0v) is 6.01. The lowest BCUT2D eigenvalue weighted by Gasteiger charge is -2.49. The largest absolute Gasteiger partial charge is 0.107 e. The molecule has 0 saturated heterocycles. The van der Waals surface area contributed by atoms with Gasteiger partial charge in [0.15, 0.2) is 0 Å². The first-order valence-electron chi connectivity index (χ1n) is 2.45. The maximum Gasteiger partial charge on any atom is -0.0406 e. The van der Waals surface area contributed by atoms with E-state index >= 15 is 0 Å². The molecule has 0 atom stereocenters. The highest BCUT2D eigenvalue weighted by Crippen LogP contribution is 2.52. The highest BCUT2D eigenvalue weighted by Gasteiger charge is 2.41. The van der Waals surface area contributed by atoms with Crippen molar-refractivity contribution in [3.63, 3.8) is 0 Å². The topological polar surface area (TPSA) is 0 Å². The van der Waals surface area contributed by atoms with Crippen LogP contribution in [-0.4, -0.2) is 0 Å². The molecular weight excluding hydrogens is 187 g/mol. The summed E-state index contributed by atoms with van der Waals surface area (Å²) >= 11 is 0. The fraction of sp³-hybridized carbons (Fsp3) is 1.00. The van der Waals surface area contributed by atoms with Gasteiger partial charge in [-0.25, -0.2) is 0 Å². The summed E-state index contributed by atoms with van der Waals surface area (Å²) in [4.78, 5) is 0. The molecule has 0 spiro atoms. The van der Waals surface area contributed by atoms with Crippen molar-refractivity contribution in [2.75, 3.05) is 0 Å². The number of rotatable bonds is 0. The molecule has 0 aromatic heterocycles. The first-order chi connectivity index (χ1) is 2.45. The fourth-order valence-electron chi connectivity index (χ4n) is 1.21. The molecule has 0 heterocycles. The Balaban J connectivity index is 0.000000180. The smallest absolute Gasteiger partial charge is 0.0406 e. The van der Waals surface area contributed by atoms with E-state index in [4.69, 9.17) is 0 Å². The minimum absolute atomic E-state index is 0. The van der Waals surface area contributed by atoms with Gasteiger partial charge in [-0.15, -0.1) is 24.0 Å². The molecule has 3 fully saturated rings. The van der Waals surface area contributed by atoms with Gasteiger partial charge in [0, 0.05) is 0 Å². The van der Waals surface area contributed by atoms with Crippen molar-refractivity contribution < 1.29 is 0 Å². The summed E-state index contributed by atoms with van der Waals surface area (Å²) in [6.07, 6.45) is 4.75. The van der Waals surface area contributed by atoms with Crippen molar-refractivity contribution in [2.45, 2.75) is 19.3 Å². The van der Waals surface area contributed by atoms with Crippen molar-refractivity contribution in [3.05, 3.63) is 0 Å². The van der Waals surface area contributed by atoms with Crippen LogP contribution in [-0.2, 0) is 0 Å². The molecule has 3 saturated carbocycles. The van der Waals surface area contributed by atoms with Crippen molar-refractivity contribution in [3.8, 4) is 0 Å². The monoisotopic (exact) mass is 196 g/mol. The van der Waals surface area contributed by atoms with Crippen molar-refractivity contribution in [2.24, 2.45) is 11.8 Å². The van der Waals surface area contributed by atoms with Crippen molar-refractivity contribution >= 4 is 24.0 Å². The van der Waals surface area contributed by atoms with E-state index in [1.54, 1.807) is 19.3 Å². The van der Waals surface area contributed by atoms with Crippen LogP contribution in [0.1, 0.15) is 19.3 Å². The molecule has 0 nitrogen and oxygen atoms in total. The Bertz CT molecular complexity index is 40.7. The average molecular weight is 196 g/mol. The molecule has 0 aromatic rings. The van der Waals surface area contributed by atoms with E-state index in [1.165, 1.54) is 11.8 Å². The van der Waals surface area contributed by atoms with Crippen LogP contribution in [0.4, 0.5) is 0 Å². The summed E-state index contributed by atoms with van der Waals surface area (Å²) in [5.41, 5.74) is 0.